The van der Waals surface area contributed by atoms with E-state index in [2.05, 4.69) is 0 Å². The van der Waals surface area contributed by atoms with Crippen LogP contribution in [0.3, 0.4) is 0 Å². The monoisotopic (exact) mass is 388 g/mol. The fraction of sp³-hybridized carbons (Fsp3) is 0.0435. The quantitative estimate of drug-likeness (QED) is 0.533. The maximum absolute atomic E-state index is 12.8. The molecule has 0 atom stereocenters. The van der Waals surface area contributed by atoms with E-state index in [1.807, 2.05) is 6.07 Å². The Morgan fingerprint density at radius 3 is 2.34 bits per heavy atom. The number of aromatic carboxylic acids is 1. The minimum Gasteiger partial charge on any atom is -0.502 e. The smallest absolute Gasteiger partial charge is 0.336 e. The molecular weight excluding hydrogens is 372 g/mol. The Balaban J connectivity index is 2.05. The van der Waals surface area contributed by atoms with Crippen LogP contribution in [0.4, 0.5) is 0 Å². The van der Waals surface area contributed by atoms with Crippen LogP contribution < -0.4 is 10.2 Å². The lowest BCUT2D eigenvalue weighted by molar-refractivity contribution is 0.0697. The van der Waals surface area contributed by atoms with Gasteiger partial charge in [-0.2, -0.15) is 0 Å². The van der Waals surface area contributed by atoms with E-state index in [1.54, 1.807) is 54.6 Å². The largest absolute Gasteiger partial charge is 0.502 e. The van der Waals surface area contributed by atoms with E-state index in [-0.39, 0.29) is 28.0 Å². The van der Waals surface area contributed by atoms with Gasteiger partial charge in [-0.25, -0.2) is 4.79 Å². The normalized spacial score (nSPS) is 10.8. The molecule has 0 bridgehead atoms. The fourth-order valence-corrected chi connectivity index (χ4v) is 3.30. The molecule has 6 nitrogen and oxygen atoms in total. The summed E-state index contributed by atoms with van der Waals surface area (Å²) in [6.07, 6.45) is 0. The van der Waals surface area contributed by atoms with Crippen LogP contribution in [0, 0.1) is 0 Å². The highest BCUT2D eigenvalue weighted by atomic mass is 16.5. The summed E-state index contributed by atoms with van der Waals surface area (Å²) in [5.41, 5.74) is 1.18. The third kappa shape index (κ3) is 3.10. The lowest BCUT2D eigenvalue weighted by Crippen LogP contribution is -2.05. The molecule has 0 radical (unpaired) electrons. The molecule has 4 rings (SSSR count). The Bertz CT molecular complexity index is 1290. The van der Waals surface area contributed by atoms with Crippen molar-refractivity contribution in [3.05, 3.63) is 82.5 Å². The van der Waals surface area contributed by atoms with Crippen LogP contribution in [-0.2, 0) is 0 Å². The number of carboxylic acids is 1. The highest BCUT2D eigenvalue weighted by molar-refractivity contribution is 5.98. The van der Waals surface area contributed by atoms with E-state index >= 15 is 0 Å². The van der Waals surface area contributed by atoms with Crippen molar-refractivity contribution in [2.75, 3.05) is 7.11 Å². The Morgan fingerprint density at radius 2 is 1.66 bits per heavy atom. The summed E-state index contributed by atoms with van der Waals surface area (Å²) in [7, 11) is 1.39. The molecule has 0 spiro atoms. The number of ether oxygens (including phenoxy) is 1. The number of rotatable bonds is 4. The van der Waals surface area contributed by atoms with Gasteiger partial charge in [0.05, 0.1) is 12.7 Å². The van der Waals surface area contributed by atoms with Crippen molar-refractivity contribution in [2.24, 2.45) is 0 Å². The zero-order chi connectivity index (χ0) is 20.5. The Labute approximate surface area is 165 Å². The number of methoxy groups -OCH3 is 1. The van der Waals surface area contributed by atoms with Gasteiger partial charge in [-0.3, -0.25) is 4.79 Å². The van der Waals surface area contributed by atoms with Gasteiger partial charge in [-0.05, 0) is 29.3 Å². The number of hydrogen-bond acceptors (Lipinski definition) is 5. The fourth-order valence-electron chi connectivity index (χ4n) is 3.30. The summed E-state index contributed by atoms with van der Waals surface area (Å²) >= 11 is 0. The summed E-state index contributed by atoms with van der Waals surface area (Å²) in [6.45, 7) is 0. The van der Waals surface area contributed by atoms with E-state index in [0.717, 1.165) is 0 Å². The molecule has 1 aromatic heterocycles. The van der Waals surface area contributed by atoms with Crippen LogP contribution in [0.15, 0.2) is 75.9 Å². The van der Waals surface area contributed by atoms with Gasteiger partial charge in [0.25, 0.3) is 0 Å². The van der Waals surface area contributed by atoms with E-state index in [4.69, 9.17) is 9.15 Å². The van der Waals surface area contributed by atoms with Gasteiger partial charge in [-0.1, -0.05) is 48.5 Å². The number of carboxylic acid groups (broad SMARTS) is 1. The SMILES string of the molecule is COc1cc(-c2ccccc2C(=O)O)cc2oc(-c3ccccc3)c(O)c(=O)c12. The minimum absolute atomic E-state index is 0.0359. The van der Waals surface area contributed by atoms with Crippen molar-refractivity contribution in [3.8, 4) is 33.9 Å². The summed E-state index contributed by atoms with van der Waals surface area (Å²) in [6, 6.07) is 18.4. The second-order valence-corrected chi connectivity index (χ2v) is 6.38. The van der Waals surface area contributed by atoms with Crippen molar-refractivity contribution in [1.82, 2.24) is 0 Å². The van der Waals surface area contributed by atoms with Gasteiger partial charge in [0, 0.05) is 5.56 Å². The summed E-state index contributed by atoms with van der Waals surface area (Å²) in [5.74, 6) is -1.37. The predicted molar refractivity (Wildman–Crippen MR) is 109 cm³/mol. The number of aromatic hydroxyl groups is 1. The number of hydrogen-bond donors (Lipinski definition) is 2. The van der Waals surface area contributed by atoms with E-state index < -0.39 is 17.1 Å². The summed E-state index contributed by atoms with van der Waals surface area (Å²) in [4.78, 5) is 24.5. The van der Waals surface area contributed by atoms with Gasteiger partial charge in [0.1, 0.15) is 16.7 Å². The first kappa shape index (κ1) is 18.3. The van der Waals surface area contributed by atoms with Crippen LogP contribution in [0.2, 0.25) is 0 Å². The molecule has 0 aliphatic heterocycles. The predicted octanol–water partition coefficient (Wildman–Crippen LogP) is 4.54. The van der Waals surface area contributed by atoms with Crippen LogP contribution in [-0.4, -0.2) is 23.3 Å². The standard InChI is InChI=1S/C23H16O6/c1-28-17-11-14(15-9-5-6-10-16(15)23(26)27)12-18-19(17)20(24)21(25)22(29-18)13-7-3-2-4-8-13/h2-12,25H,1H3,(H,26,27). The van der Waals surface area contributed by atoms with Crippen LogP contribution in [0.1, 0.15) is 10.4 Å². The summed E-state index contributed by atoms with van der Waals surface area (Å²) < 4.78 is 11.2. The molecule has 0 aliphatic carbocycles. The molecule has 6 heteroatoms. The lowest BCUT2D eigenvalue weighted by Gasteiger charge is -2.12. The average Bonchev–Trinajstić information content (AvgIpc) is 2.75. The molecular formula is C23H16O6. The highest BCUT2D eigenvalue weighted by Crippen LogP contribution is 2.37. The topological polar surface area (TPSA) is 97.0 Å². The van der Waals surface area contributed by atoms with Crippen molar-refractivity contribution in [3.63, 3.8) is 0 Å². The first-order chi connectivity index (χ1) is 14.0. The molecule has 2 N–H and O–H groups in total. The molecule has 1 heterocycles. The van der Waals surface area contributed by atoms with Crippen molar-refractivity contribution >= 4 is 16.9 Å². The molecule has 3 aromatic carbocycles. The molecule has 0 amide bonds. The molecule has 29 heavy (non-hydrogen) atoms. The molecule has 144 valence electrons. The Hall–Kier alpha value is -4.06. The van der Waals surface area contributed by atoms with E-state index in [1.165, 1.54) is 13.2 Å². The molecule has 0 aliphatic rings. The van der Waals surface area contributed by atoms with Crippen LogP contribution >= 0.6 is 0 Å². The lowest BCUT2D eigenvalue weighted by atomic mass is 9.98. The third-order valence-corrected chi connectivity index (χ3v) is 4.66. The van der Waals surface area contributed by atoms with E-state index in [0.29, 0.717) is 16.7 Å². The average molecular weight is 388 g/mol. The minimum atomic E-state index is -1.07. The summed E-state index contributed by atoms with van der Waals surface area (Å²) in [5, 5.41) is 20.0. The zero-order valence-corrected chi connectivity index (χ0v) is 15.4. The Kier molecular flexibility index (Phi) is 4.52. The van der Waals surface area contributed by atoms with Gasteiger partial charge in [0.2, 0.25) is 11.2 Å². The van der Waals surface area contributed by atoms with Crippen molar-refractivity contribution in [1.29, 1.82) is 0 Å². The van der Waals surface area contributed by atoms with Crippen molar-refractivity contribution in [2.45, 2.75) is 0 Å². The van der Waals surface area contributed by atoms with Gasteiger partial charge in [-0.15, -0.1) is 0 Å². The van der Waals surface area contributed by atoms with Crippen LogP contribution in [0.25, 0.3) is 33.4 Å². The van der Waals surface area contributed by atoms with E-state index in [9.17, 15) is 19.8 Å². The Morgan fingerprint density at radius 1 is 0.966 bits per heavy atom. The first-order valence-corrected chi connectivity index (χ1v) is 8.77. The molecule has 0 saturated heterocycles. The molecule has 0 fully saturated rings. The number of fused-ring (bicyclic) bond motifs is 1. The second kappa shape index (κ2) is 7.16. The van der Waals surface area contributed by atoms with Gasteiger partial charge >= 0.3 is 5.97 Å². The van der Waals surface area contributed by atoms with Gasteiger partial charge < -0.3 is 19.4 Å². The number of carbonyl (C=O) groups is 1. The maximum atomic E-state index is 12.8. The molecule has 4 aromatic rings. The molecule has 0 saturated carbocycles. The van der Waals surface area contributed by atoms with Crippen LogP contribution in [0.5, 0.6) is 11.5 Å². The van der Waals surface area contributed by atoms with Gasteiger partial charge in [0.15, 0.2) is 5.76 Å². The molecule has 0 unspecified atom stereocenters. The highest BCUT2D eigenvalue weighted by Gasteiger charge is 2.20. The van der Waals surface area contributed by atoms with Crippen molar-refractivity contribution < 1.29 is 24.2 Å². The third-order valence-electron chi connectivity index (χ3n) is 4.66. The zero-order valence-electron chi connectivity index (χ0n) is 15.4. The first-order valence-electron chi connectivity index (χ1n) is 8.77. The number of benzene rings is 3. The maximum Gasteiger partial charge on any atom is 0.336 e. The second-order valence-electron chi connectivity index (χ2n) is 6.38.